The second-order valence-electron chi connectivity index (χ2n) is 6.67. The fourth-order valence-corrected chi connectivity index (χ4v) is 2.98. The SMILES string of the molecule is CCOCCCCNC(=NC)NCc1ccccc1OCCN1CCOCC1.I. The van der Waals surface area contributed by atoms with Crippen LogP contribution in [0.4, 0.5) is 0 Å². The first-order chi connectivity index (χ1) is 13.8. The molecule has 1 aromatic carbocycles. The van der Waals surface area contributed by atoms with Crippen molar-refractivity contribution in [2.24, 2.45) is 4.99 Å². The van der Waals surface area contributed by atoms with E-state index in [-0.39, 0.29) is 24.0 Å². The Bertz CT molecular complexity index is 569. The minimum atomic E-state index is 0. The number of ether oxygens (including phenoxy) is 3. The van der Waals surface area contributed by atoms with E-state index in [2.05, 4.69) is 26.6 Å². The Morgan fingerprint density at radius 2 is 1.93 bits per heavy atom. The number of benzene rings is 1. The summed E-state index contributed by atoms with van der Waals surface area (Å²) < 4.78 is 16.8. The maximum absolute atomic E-state index is 6.05. The largest absolute Gasteiger partial charge is 0.492 e. The average Bonchev–Trinajstić information content (AvgIpc) is 2.74. The van der Waals surface area contributed by atoms with Crippen LogP contribution in [-0.4, -0.2) is 77.1 Å². The molecular weight excluding hydrogens is 483 g/mol. The standard InChI is InChI=1S/C21H36N4O3.HI/c1-3-26-14-7-6-10-23-21(22-2)24-18-19-8-4-5-9-20(19)28-17-13-25-11-15-27-16-12-25;/h4-5,8-9H,3,6-7,10-18H2,1-2H3,(H2,22,23,24);1H. The number of hydrogen-bond donors (Lipinski definition) is 2. The number of rotatable bonds is 12. The lowest BCUT2D eigenvalue weighted by Gasteiger charge is -2.26. The highest BCUT2D eigenvalue weighted by Crippen LogP contribution is 2.17. The van der Waals surface area contributed by atoms with Crippen molar-refractivity contribution in [1.29, 1.82) is 0 Å². The number of hydrogen-bond acceptors (Lipinski definition) is 5. The second-order valence-corrected chi connectivity index (χ2v) is 6.67. The Balaban J connectivity index is 0.00000420. The number of nitrogens with one attached hydrogen (secondary N) is 2. The molecular formula is C21H37IN4O3. The monoisotopic (exact) mass is 520 g/mol. The fraction of sp³-hybridized carbons (Fsp3) is 0.667. The summed E-state index contributed by atoms with van der Waals surface area (Å²) in [6.07, 6.45) is 2.11. The van der Waals surface area contributed by atoms with Crippen LogP contribution in [0.2, 0.25) is 0 Å². The third-order valence-electron chi connectivity index (χ3n) is 4.62. The van der Waals surface area contributed by atoms with E-state index in [1.54, 1.807) is 7.05 Å². The highest BCUT2D eigenvalue weighted by atomic mass is 127. The van der Waals surface area contributed by atoms with E-state index in [1.165, 1.54) is 0 Å². The van der Waals surface area contributed by atoms with Gasteiger partial charge < -0.3 is 24.8 Å². The normalized spacial score (nSPS) is 14.9. The number of morpholine rings is 1. The van der Waals surface area contributed by atoms with E-state index in [0.717, 1.165) is 82.7 Å². The van der Waals surface area contributed by atoms with E-state index in [1.807, 2.05) is 25.1 Å². The van der Waals surface area contributed by atoms with Crippen molar-refractivity contribution in [1.82, 2.24) is 15.5 Å². The Labute approximate surface area is 192 Å². The van der Waals surface area contributed by atoms with Crippen molar-refractivity contribution in [3.8, 4) is 5.75 Å². The Hall–Kier alpha value is -1.10. The van der Waals surface area contributed by atoms with Gasteiger partial charge in [-0.25, -0.2) is 0 Å². The number of aliphatic imine (C=N–C) groups is 1. The van der Waals surface area contributed by atoms with Crippen LogP contribution >= 0.6 is 24.0 Å². The first-order valence-electron chi connectivity index (χ1n) is 10.4. The van der Waals surface area contributed by atoms with Gasteiger partial charge in [0.05, 0.1) is 13.2 Å². The number of para-hydroxylation sites is 1. The summed E-state index contributed by atoms with van der Waals surface area (Å²) in [6, 6.07) is 8.17. The summed E-state index contributed by atoms with van der Waals surface area (Å²) in [5, 5.41) is 6.71. The summed E-state index contributed by atoms with van der Waals surface area (Å²) >= 11 is 0. The van der Waals surface area contributed by atoms with Crippen molar-refractivity contribution in [3.05, 3.63) is 29.8 Å². The maximum atomic E-state index is 6.05. The summed E-state index contributed by atoms with van der Waals surface area (Å²) in [5.41, 5.74) is 1.13. The topological polar surface area (TPSA) is 67.3 Å². The average molecular weight is 520 g/mol. The summed E-state index contributed by atoms with van der Waals surface area (Å²) in [7, 11) is 1.79. The van der Waals surface area contributed by atoms with Crippen molar-refractivity contribution >= 4 is 29.9 Å². The van der Waals surface area contributed by atoms with Crippen molar-refractivity contribution < 1.29 is 14.2 Å². The third-order valence-corrected chi connectivity index (χ3v) is 4.62. The zero-order valence-electron chi connectivity index (χ0n) is 17.8. The van der Waals surface area contributed by atoms with Gasteiger partial charge in [-0.2, -0.15) is 0 Å². The molecule has 0 atom stereocenters. The number of nitrogens with zero attached hydrogens (tertiary/aromatic N) is 2. The molecule has 8 heteroatoms. The smallest absolute Gasteiger partial charge is 0.191 e. The zero-order valence-corrected chi connectivity index (χ0v) is 20.2. The highest BCUT2D eigenvalue weighted by molar-refractivity contribution is 14.0. The summed E-state index contributed by atoms with van der Waals surface area (Å²) in [6.45, 7) is 10.4. The van der Waals surface area contributed by atoms with Crippen LogP contribution in [0.5, 0.6) is 5.75 Å². The van der Waals surface area contributed by atoms with Crippen LogP contribution in [0.15, 0.2) is 29.3 Å². The Kier molecular flexibility index (Phi) is 14.9. The molecule has 0 bridgehead atoms. The summed E-state index contributed by atoms with van der Waals surface area (Å²) in [5.74, 6) is 1.73. The van der Waals surface area contributed by atoms with Gasteiger partial charge in [0.15, 0.2) is 5.96 Å². The van der Waals surface area contributed by atoms with Gasteiger partial charge >= 0.3 is 0 Å². The van der Waals surface area contributed by atoms with Crippen LogP contribution in [0, 0.1) is 0 Å². The van der Waals surface area contributed by atoms with Crippen LogP contribution in [0.25, 0.3) is 0 Å². The molecule has 7 nitrogen and oxygen atoms in total. The lowest BCUT2D eigenvalue weighted by atomic mass is 10.2. The van der Waals surface area contributed by atoms with E-state index in [0.29, 0.717) is 13.2 Å². The molecule has 166 valence electrons. The molecule has 0 saturated carbocycles. The maximum Gasteiger partial charge on any atom is 0.191 e. The quantitative estimate of drug-likeness (QED) is 0.191. The minimum Gasteiger partial charge on any atom is -0.492 e. The van der Waals surface area contributed by atoms with Gasteiger partial charge in [-0.1, -0.05) is 18.2 Å². The molecule has 2 N–H and O–H groups in total. The predicted molar refractivity (Wildman–Crippen MR) is 129 cm³/mol. The van der Waals surface area contributed by atoms with Gasteiger partial charge in [0.25, 0.3) is 0 Å². The van der Waals surface area contributed by atoms with Gasteiger partial charge in [0.2, 0.25) is 0 Å². The van der Waals surface area contributed by atoms with Gasteiger partial charge in [0.1, 0.15) is 12.4 Å². The van der Waals surface area contributed by atoms with Crippen LogP contribution in [-0.2, 0) is 16.0 Å². The van der Waals surface area contributed by atoms with Crippen LogP contribution in [0.1, 0.15) is 25.3 Å². The predicted octanol–water partition coefficient (Wildman–Crippen LogP) is 2.50. The van der Waals surface area contributed by atoms with Crippen molar-refractivity contribution in [3.63, 3.8) is 0 Å². The van der Waals surface area contributed by atoms with E-state index < -0.39 is 0 Å². The number of guanidine groups is 1. The molecule has 1 aliphatic heterocycles. The van der Waals surface area contributed by atoms with Crippen molar-refractivity contribution in [2.75, 3.05) is 66.3 Å². The molecule has 1 fully saturated rings. The second kappa shape index (κ2) is 16.7. The molecule has 1 saturated heterocycles. The molecule has 2 rings (SSSR count). The zero-order chi connectivity index (χ0) is 19.9. The fourth-order valence-electron chi connectivity index (χ4n) is 2.98. The Morgan fingerprint density at radius 1 is 1.14 bits per heavy atom. The van der Waals surface area contributed by atoms with Crippen molar-refractivity contribution in [2.45, 2.75) is 26.3 Å². The molecule has 0 radical (unpaired) electrons. The lowest BCUT2D eigenvalue weighted by Crippen LogP contribution is -2.39. The first kappa shape index (κ1) is 25.9. The van der Waals surface area contributed by atoms with Crippen LogP contribution < -0.4 is 15.4 Å². The molecule has 0 spiro atoms. The molecule has 29 heavy (non-hydrogen) atoms. The third kappa shape index (κ3) is 11.0. The first-order valence-corrected chi connectivity index (χ1v) is 10.4. The minimum absolute atomic E-state index is 0. The lowest BCUT2D eigenvalue weighted by molar-refractivity contribution is 0.0322. The van der Waals surface area contributed by atoms with Gasteiger partial charge in [-0.05, 0) is 25.8 Å². The highest BCUT2D eigenvalue weighted by Gasteiger charge is 2.10. The van der Waals surface area contributed by atoms with Gasteiger partial charge in [-0.3, -0.25) is 9.89 Å². The molecule has 0 aliphatic carbocycles. The van der Waals surface area contributed by atoms with Gasteiger partial charge in [-0.15, -0.1) is 24.0 Å². The van der Waals surface area contributed by atoms with Crippen LogP contribution in [0.3, 0.4) is 0 Å². The van der Waals surface area contributed by atoms with Gasteiger partial charge in [0, 0.05) is 58.5 Å². The van der Waals surface area contributed by atoms with E-state index >= 15 is 0 Å². The summed E-state index contributed by atoms with van der Waals surface area (Å²) in [4.78, 5) is 6.67. The molecule has 0 amide bonds. The molecule has 0 aromatic heterocycles. The van der Waals surface area contributed by atoms with E-state index in [9.17, 15) is 0 Å². The Morgan fingerprint density at radius 3 is 2.69 bits per heavy atom. The van der Waals surface area contributed by atoms with E-state index in [4.69, 9.17) is 14.2 Å². The number of unbranched alkanes of at least 4 members (excludes halogenated alkanes) is 1. The molecule has 0 unspecified atom stereocenters. The number of halogens is 1. The molecule has 1 aromatic rings. The molecule has 1 heterocycles. The molecule has 1 aliphatic rings.